The lowest BCUT2D eigenvalue weighted by Gasteiger charge is -2.12. The summed E-state index contributed by atoms with van der Waals surface area (Å²) in [6, 6.07) is 8.59. The summed E-state index contributed by atoms with van der Waals surface area (Å²) >= 11 is 0. The molecule has 0 aliphatic heterocycles. The lowest BCUT2D eigenvalue weighted by Crippen LogP contribution is -2.39. The second kappa shape index (κ2) is 5.93. The highest BCUT2D eigenvalue weighted by atomic mass is 16.4. The topological polar surface area (TPSA) is 66.4 Å². The second-order valence-corrected chi connectivity index (χ2v) is 3.16. The van der Waals surface area contributed by atoms with Crippen molar-refractivity contribution in [2.24, 2.45) is 0 Å². The highest BCUT2D eigenvalue weighted by Gasteiger charge is 2.16. The number of carbonyl (C=O) groups excluding carboxylic acids is 1. The molecular formula is C11H13NO3. The smallest absolute Gasteiger partial charge is 0.321 e. The van der Waals surface area contributed by atoms with Crippen molar-refractivity contribution in [1.82, 2.24) is 5.32 Å². The largest absolute Gasteiger partial charge is 0.480 e. The van der Waals surface area contributed by atoms with Crippen molar-refractivity contribution >= 4 is 12.3 Å². The van der Waals surface area contributed by atoms with E-state index in [4.69, 9.17) is 5.11 Å². The number of carbonyl (C=O) groups is 2. The zero-order chi connectivity index (χ0) is 11.1. The van der Waals surface area contributed by atoms with E-state index < -0.39 is 12.0 Å². The Labute approximate surface area is 87.9 Å². The average Bonchev–Trinajstić information content (AvgIpc) is 2.25. The number of benzene rings is 1. The summed E-state index contributed by atoms with van der Waals surface area (Å²) in [7, 11) is 0. The first-order valence-electron chi connectivity index (χ1n) is 4.68. The van der Waals surface area contributed by atoms with Gasteiger partial charge in [-0.3, -0.25) is 10.1 Å². The van der Waals surface area contributed by atoms with Crippen LogP contribution in [0.5, 0.6) is 0 Å². The monoisotopic (exact) mass is 207 g/mol. The number of aliphatic carboxylic acids is 1. The molecule has 0 fully saturated rings. The first-order chi connectivity index (χ1) is 7.24. The lowest BCUT2D eigenvalue weighted by atomic mass is 10.1. The van der Waals surface area contributed by atoms with Crippen molar-refractivity contribution in [3.63, 3.8) is 0 Å². The Bertz CT molecular complexity index is 324. The van der Waals surface area contributed by atoms with Crippen molar-refractivity contribution in [3.05, 3.63) is 35.9 Å². The Morgan fingerprint density at radius 1 is 1.40 bits per heavy atom. The maximum atomic E-state index is 10.8. The summed E-state index contributed by atoms with van der Waals surface area (Å²) in [6.45, 7) is 0.0593. The molecule has 0 amide bonds. The molecule has 0 saturated carbocycles. The molecule has 80 valence electrons. The highest BCUT2D eigenvalue weighted by molar-refractivity contribution is 5.74. The van der Waals surface area contributed by atoms with Gasteiger partial charge in [0.25, 0.3) is 0 Å². The molecule has 2 N–H and O–H groups in total. The molecule has 0 aliphatic rings. The van der Waals surface area contributed by atoms with Gasteiger partial charge < -0.3 is 9.90 Å². The summed E-state index contributed by atoms with van der Waals surface area (Å²) in [5.41, 5.74) is 0.934. The number of aldehydes is 1. The van der Waals surface area contributed by atoms with Crippen LogP contribution in [0.25, 0.3) is 0 Å². The molecule has 4 heteroatoms. The number of carboxylic acids is 1. The fraction of sp³-hybridized carbons (Fsp3) is 0.273. The average molecular weight is 207 g/mol. The van der Waals surface area contributed by atoms with Crippen LogP contribution in [0.2, 0.25) is 0 Å². The normalized spacial score (nSPS) is 12.0. The fourth-order valence-electron chi connectivity index (χ4n) is 1.29. The molecule has 0 spiro atoms. The van der Waals surface area contributed by atoms with Gasteiger partial charge in [-0.2, -0.15) is 0 Å². The van der Waals surface area contributed by atoms with Crippen molar-refractivity contribution in [2.75, 3.05) is 6.54 Å². The number of carboxylic acid groups (broad SMARTS) is 1. The van der Waals surface area contributed by atoms with Crippen molar-refractivity contribution in [2.45, 2.75) is 12.5 Å². The van der Waals surface area contributed by atoms with Gasteiger partial charge in [-0.25, -0.2) is 0 Å². The van der Waals surface area contributed by atoms with Crippen LogP contribution >= 0.6 is 0 Å². The van der Waals surface area contributed by atoms with Gasteiger partial charge in [-0.05, 0) is 12.0 Å². The van der Waals surface area contributed by atoms with Gasteiger partial charge >= 0.3 is 5.97 Å². The van der Waals surface area contributed by atoms with Gasteiger partial charge in [0.2, 0.25) is 0 Å². The van der Waals surface area contributed by atoms with Gasteiger partial charge in [-0.15, -0.1) is 0 Å². The maximum absolute atomic E-state index is 10.8. The van der Waals surface area contributed by atoms with E-state index in [0.717, 1.165) is 5.56 Å². The van der Waals surface area contributed by atoms with E-state index in [0.29, 0.717) is 12.7 Å². The third-order valence-electron chi connectivity index (χ3n) is 2.03. The van der Waals surface area contributed by atoms with Gasteiger partial charge in [0.1, 0.15) is 12.3 Å². The summed E-state index contributed by atoms with van der Waals surface area (Å²) in [4.78, 5) is 21.0. The van der Waals surface area contributed by atoms with E-state index >= 15 is 0 Å². The van der Waals surface area contributed by atoms with Gasteiger partial charge in [0.15, 0.2) is 0 Å². The Kier molecular flexibility index (Phi) is 4.50. The predicted octanol–water partition coefficient (Wildman–Crippen LogP) is 0.471. The number of nitrogens with one attached hydrogen (secondary N) is 1. The number of hydrogen-bond donors (Lipinski definition) is 2. The summed E-state index contributed by atoms with van der Waals surface area (Å²) < 4.78 is 0. The zero-order valence-corrected chi connectivity index (χ0v) is 8.22. The third-order valence-corrected chi connectivity index (χ3v) is 2.03. The van der Waals surface area contributed by atoms with Crippen molar-refractivity contribution in [1.29, 1.82) is 0 Å². The summed E-state index contributed by atoms with van der Waals surface area (Å²) in [5, 5.41) is 11.5. The van der Waals surface area contributed by atoms with E-state index in [1.54, 1.807) is 0 Å². The van der Waals surface area contributed by atoms with Gasteiger partial charge in [-0.1, -0.05) is 30.3 Å². The molecular weight excluding hydrogens is 194 g/mol. The summed E-state index contributed by atoms with van der Waals surface area (Å²) in [6.07, 6.45) is 1.03. The Hall–Kier alpha value is -1.68. The van der Waals surface area contributed by atoms with Crippen LogP contribution in [0.15, 0.2) is 30.3 Å². The third kappa shape index (κ3) is 3.91. The molecule has 0 unspecified atom stereocenters. The quantitative estimate of drug-likeness (QED) is 0.665. The van der Waals surface area contributed by atoms with Gasteiger partial charge in [0.05, 0.1) is 6.54 Å². The van der Waals surface area contributed by atoms with Crippen LogP contribution in [0.1, 0.15) is 5.56 Å². The summed E-state index contributed by atoms with van der Waals surface area (Å²) in [5.74, 6) is -0.944. The fourth-order valence-corrected chi connectivity index (χ4v) is 1.29. The molecule has 0 aromatic heterocycles. The first-order valence-corrected chi connectivity index (χ1v) is 4.68. The van der Waals surface area contributed by atoms with Crippen molar-refractivity contribution < 1.29 is 14.7 Å². The molecule has 1 aromatic rings. The minimum atomic E-state index is -0.944. The molecule has 1 aromatic carbocycles. The Balaban J connectivity index is 2.58. The molecule has 0 saturated heterocycles. The van der Waals surface area contributed by atoms with E-state index in [1.165, 1.54) is 0 Å². The molecule has 0 radical (unpaired) electrons. The molecule has 0 bridgehead atoms. The van der Waals surface area contributed by atoms with E-state index in [-0.39, 0.29) is 6.54 Å². The second-order valence-electron chi connectivity index (χ2n) is 3.16. The van der Waals surface area contributed by atoms with Crippen molar-refractivity contribution in [3.8, 4) is 0 Å². The zero-order valence-electron chi connectivity index (χ0n) is 8.22. The van der Waals surface area contributed by atoms with Crippen LogP contribution in [0, 0.1) is 0 Å². The number of hydrogen-bond acceptors (Lipinski definition) is 3. The molecule has 4 nitrogen and oxygen atoms in total. The van der Waals surface area contributed by atoms with E-state index in [1.807, 2.05) is 30.3 Å². The standard InChI is InChI=1S/C11H13NO3/c13-7-6-12-10(11(14)15)8-9-4-2-1-3-5-9/h1-5,7,10,12H,6,8H2,(H,14,15)/t10-/m1/s1. The van der Waals surface area contributed by atoms with Crippen LogP contribution in [0.3, 0.4) is 0 Å². The van der Waals surface area contributed by atoms with Crippen LogP contribution < -0.4 is 5.32 Å². The van der Waals surface area contributed by atoms with Gasteiger partial charge in [0, 0.05) is 0 Å². The number of rotatable bonds is 6. The lowest BCUT2D eigenvalue weighted by molar-refractivity contribution is -0.139. The van der Waals surface area contributed by atoms with Crippen LogP contribution in [0.4, 0.5) is 0 Å². The maximum Gasteiger partial charge on any atom is 0.321 e. The molecule has 15 heavy (non-hydrogen) atoms. The Morgan fingerprint density at radius 3 is 2.60 bits per heavy atom. The molecule has 1 atom stereocenters. The van der Waals surface area contributed by atoms with E-state index in [2.05, 4.69) is 5.32 Å². The van der Waals surface area contributed by atoms with E-state index in [9.17, 15) is 9.59 Å². The highest BCUT2D eigenvalue weighted by Crippen LogP contribution is 2.03. The molecule has 1 rings (SSSR count). The minimum absolute atomic E-state index is 0.0593. The van der Waals surface area contributed by atoms with Crippen LogP contribution in [-0.4, -0.2) is 29.9 Å². The Morgan fingerprint density at radius 2 is 2.07 bits per heavy atom. The molecule has 0 heterocycles. The molecule has 0 aliphatic carbocycles. The minimum Gasteiger partial charge on any atom is -0.480 e. The SMILES string of the molecule is O=CCN[C@H](Cc1ccccc1)C(=O)O. The predicted molar refractivity (Wildman–Crippen MR) is 55.6 cm³/mol. The first kappa shape index (κ1) is 11.4. The van der Waals surface area contributed by atoms with Crippen LogP contribution in [-0.2, 0) is 16.0 Å².